The molecule has 0 spiro atoms. The van der Waals surface area contributed by atoms with Crippen molar-refractivity contribution in [3.8, 4) is 5.75 Å². The van der Waals surface area contributed by atoms with Gasteiger partial charge in [0.15, 0.2) is 0 Å². The molecular weight excluding hydrogens is 302 g/mol. The van der Waals surface area contributed by atoms with Gasteiger partial charge in [-0.3, -0.25) is 9.78 Å². The molecule has 1 aliphatic heterocycles. The summed E-state index contributed by atoms with van der Waals surface area (Å²) < 4.78 is 5.46. The van der Waals surface area contributed by atoms with Crippen LogP contribution in [0.2, 0.25) is 0 Å². The van der Waals surface area contributed by atoms with E-state index in [0.717, 1.165) is 48.1 Å². The molecule has 5 nitrogen and oxygen atoms in total. The Labute approximate surface area is 143 Å². The maximum absolute atomic E-state index is 11.7. The quantitative estimate of drug-likeness (QED) is 0.938. The number of para-hydroxylation sites is 1. The minimum atomic E-state index is 0.125. The maximum Gasteiger partial charge on any atom is 0.219 e. The van der Waals surface area contributed by atoms with Crippen LogP contribution in [0.25, 0.3) is 10.9 Å². The van der Waals surface area contributed by atoms with Crippen molar-refractivity contribution >= 4 is 22.5 Å². The minimum absolute atomic E-state index is 0.125. The molecule has 2 heterocycles. The summed E-state index contributed by atoms with van der Waals surface area (Å²) in [5.74, 6) is 0.918. The molecule has 1 aliphatic rings. The number of carbonyl (C=O) groups excluding carboxylic acids is 1. The number of hydrogen-bond acceptors (Lipinski definition) is 4. The average molecular weight is 327 g/mol. The Bertz CT molecular complexity index is 745. The lowest BCUT2D eigenvalue weighted by Crippen LogP contribution is -2.47. The van der Waals surface area contributed by atoms with Crippen LogP contribution in [0.4, 0.5) is 5.69 Å². The Morgan fingerprint density at radius 2 is 2.29 bits per heavy atom. The fraction of sp³-hybridized carbons (Fsp3) is 0.474. The number of pyridine rings is 1. The lowest BCUT2D eigenvalue weighted by Gasteiger charge is -2.36. The smallest absolute Gasteiger partial charge is 0.219 e. The van der Waals surface area contributed by atoms with E-state index in [1.54, 1.807) is 7.11 Å². The van der Waals surface area contributed by atoms with Gasteiger partial charge in [-0.05, 0) is 31.4 Å². The Balaban J connectivity index is 1.96. The first-order valence-electron chi connectivity index (χ1n) is 8.60. The molecule has 0 bridgehead atoms. The molecule has 1 amide bonds. The summed E-state index contributed by atoms with van der Waals surface area (Å²) >= 11 is 0. The van der Waals surface area contributed by atoms with Crippen molar-refractivity contribution in [1.29, 1.82) is 0 Å². The topological polar surface area (TPSA) is 54.5 Å². The van der Waals surface area contributed by atoms with Crippen molar-refractivity contribution in [2.75, 3.05) is 25.1 Å². The molecular formula is C19H25N3O2. The number of methoxy groups -OCH3 is 1. The Hall–Kier alpha value is -2.30. The van der Waals surface area contributed by atoms with E-state index in [1.165, 1.54) is 5.69 Å². The van der Waals surface area contributed by atoms with Gasteiger partial charge in [-0.15, -0.1) is 0 Å². The van der Waals surface area contributed by atoms with Gasteiger partial charge in [0.25, 0.3) is 0 Å². The number of ether oxygens (including phenoxy) is 1. The van der Waals surface area contributed by atoms with E-state index in [0.29, 0.717) is 6.42 Å². The van der Waals surface area contributed by atoms with Crippen LogP contribution in [0, 0.1) is 6.92 Å². The fourth-order valence-corrected chi connectivity index (χ4v) is 3.49. The molecule has 0 radical (unpaired) electrons. The lowest BCUT2D eigenvalue weighted by molar-refractivity contribution is -0.121. The van der Waals surface area contributed by atoms with Crippen LogP contribution >= 0.6 is 0 Å². The van der Waals surface area contributed by atoms with E-state index in [2.05, 4.69) is 28.2 Å². The molecule has 1 saturated heterocycles. The molecule has 0 aliphatic carbocycles. The summed E-state index contributed by atoms with van der Waals surface area (Å²) in [6, 6.07) is 6.25. The first-order valence-corrected chi connectivity index (χ1v) is 8.60. The van der Waals surface area contributed by atoms with Gasteiger partial charge in [0.2, 0.25) is 5.91 Å². The second-order valence-corrected chi connectivity index (χ2v) is 6.35. The minimum Gasteiger partial charge on any atom is -0.494 e. The number of anilines is 1. The molecule has 1 aromatic carbocycles. The number of carbonyl (C=O) groups is 1. The van der Waals surface area contributed by atoms with Gasteiger partial charge in [0.1, 0.15) is 11.3 Å². The van der Waals surface area contributed by atoms with Crippen LogP contribution in [0.3, 0.4) is 0 Å². The highest BCUT2D eigenvalue weighted by Crippen LogP contribution is 2.34. The molecule has 3 rings (SSSR count). The molecule has 1 N–H and O–H groups in total. The van der Waals surface area contributed by atoms with Crippen LogP contribution in [-0.2, 0) is 4.79 Å². The van der Waals surface area contributed by atoms with Gasteiger partial charge in [0, 0.05) is 37.1 Å². The Morgan fingerprint density at radius 3 is 3.04 bits per heavy atom. The zero-order chi connectivity index (χ0) is 17.1. The van der Waals surface area contributed by atoms with Crippen LogP contribution in [0.1, 0.15) is 31.7 Å². The third-order valence-electron chi connectivity index (χ3n) is 4.66. The molecule has 1 fully saturated rings. The highest BCUT2D eigenvalue weighted by molar-refractivity contribution is 5.96. The van der Waals surface area contributed by atoms with Gasteiger partial charge in [0.05, 0.1) is 12.8 Å². The number of piperidine rings is 1. The van der Waals surface area contributed by atoms with Crippen LogP contribution in [0.5, 0.6) is 5.75 Å². The summed E-state index contributed by atoms with van der Waals surface area (Å²) in [5.41, 5.74) is 3.24. The Morgan fingerprint density at radius 1 is 1.46 bits per heavy atom. The number of fused-ring (bicyclic) bond motifs is 1. The second kappa shape index (κ2) is 7.07. The number of hydrogen-bond donors (Lipinski definition) is 1. The van der Waals surface area contributed by atoms with E-state index in [9.17, 15) is 4.79 Å². The maximum atomic E-state index is 11.7. The molecule has 0 saturated carbocycles. The predicted octanol–water partition coefficient (Wildman–Crippen LogP) is 3.05. The number of nitrogens with one attached hydrogen (secondary N) is 1. The van der Waals surface area contributed by atoms with Crippen LogP contribution in [0.15, 0.2) is 24.4 Å². The van der Waals surface area contributed by atoms with Gasteiger partial charge < -0.3 is 15.0 Å². The van der Waals surface area contributed by atoms with Gasteiger partial charge in [-0.25, -0.2) is 0 Å². The van der Waals surface area contributed by atoms with E-state index < -0.39 is 0 Å². The number of aromatic nitrogens is 1. The van der Waals surface area contributed by atoms with Gasteiger partial charge in [-0.2, -0.15) is 0 Å². The fourth-order valence-electron chi connectivity index (χ4n) is 3.49. The Kier molecular flexibility index (Phi) is 4.88. The van der Waals surface area contributed by atoms with Crippen LogP contribution < -0.4 is 15.0 Å². The van der Waals surface area contributed by atoms with Crippen molar-refractivity contribution in [3.63, 3.8) is 0 Å². The number of nitrogens with zero attached hydrogens (tertiary/aromatic N) is 2. The first-order chi connectivity index (χ1) is 11.6. The number of aryl methyl sites for hydroxylation is 1. The van der Waals surface area contributed by atoms with E-state index in [1.807, 2.05) is 25.3 Å². The molecule has 5 heteroatoms. The number of benzene rings is 1. The molecule has 1 atom stereocenters. The molecule has 24 heavy (non-hydrogen) atoms. The van der Waals surface area contributed by atoms with Crippen LogP contribution in [-0.4, -0.2) is 37.1 Å². The highest BCUT2D eigenvalue weighted by Gasteiger charge is 2.24. The highest BCUT2D eigenvalue weighted by atomic mass is 16.5. The molecule has 128 valence electrons. The third-order valence-corrected chi connectivity index (χ3v) is 4.66. The van der Waals surface area contributed by atoms with E-state index >= 15 is 0 Å². The third kappa shape index (κ3) is 3.16. The van der Waals surface area contributed by atoms with Crippen molar-refractivity contribution < 1.29 is 9.53 Å². The lowest BCUT2D eigenvalue weighted by atomic mass is 10.0. The van der Waals surface area contributed by atoms with Crippen molar-refractivity contribution in [2.45, 2.75) is 39.2 Å². The monoisotopic (exact) mass is 327 g/mol. The van der Waals surface area contributed by atoms with E-state index in [-0.39, 0.29) is 11.9 Å². The second-order valence-electron chi connectivity index (χ2n) is 6.35. The van der Waals surface area contributed by atoms with Gasteiger partial charge >= 0.3 is 0 Å². The summed E-state index contributed by atoms with van der Waals surface area (Å²) in [6.45, 7) is 5.82. The largest absolute Gasteiger partial charge is 0.494 e. The molecule has 0 unspecified atom stereocenters. The average Bonchev–Trinajstić information content (AvgIpc) is 2.61. The van der Waals surface area contributed by atoms with E-state index in [4.69, 9.17) is 4.74 Å². The standard InChI is InChI=1S/C19H25N3O2/c1-4-17(23)21-14-7-6-10-22(12-14)19-13(2)11-20-18-15(19)8-5-9-16(18)24-3/h5,8-9,11,14H,4,6-7,10,12H2,1-3H3,(H,21,23)/t14-/m1/s1. The SMILES string of the molecule is CCC(=O)N[C@@H]1CCCN(c2c(C)cnc3c(OC)cccc23)C1. The summed E-state index contributed by atoms with van der Waals surface area (Å²) in [4.78, 5) is 18.7. The van der Waals surface area contributed by atoms with Crippen molar-refractivity contribution in [1.82, 2.24) is 10.3 Å². The zero-order valence-corrected chi connectivity index (χ0v) is 14.6. The first kappa shape index (κ1) is 16.6. The van der Waals surface area contributed by atoms with Crippen molar-refractivity contribution in [3.05, 3.63) is 30.0 Å². The number of rotatable bonds is 4. The zero-order valence-electron chi connectivity index (χ0n) is 14.6. The normalized spacial score (nSPS) is 17.8. The van der Waals surface area contributed by atoms with Gasteiger partial charge in [-0.1, -0.05) is 19.1 Å². The molecule has 2 aromatic rings. The summed E-state index contributed by atoms with van der Waals surface area (Å²) in [6.07, 6.45) is 4.55. The van der Waals surface area contributed by atoms with Crippen molar-refractivity contribution in [2.24, 2.45) is 0 Å². The summed E-state index contributed by atoms with van der Waals surface area (Å²) in [7, 11) is 1.67. The number of amides is 1. The molecule has 1 aromatic heterocycles. The summed E-state index contributed by atoms with van der Waals surface area (Å²) in [5, 5.41) is 4.25. The predicted molar refractivity (Wildman–Crippen MR) is 96.7 cm³/mol.